The molecule has 0 aromatic carbocycles. The van der Waals surface area contributed by atoms with Crippen LogP contribution in [0.25, 0.3) is 6.08 Å². The van der Waals surface area contributed by atoms with Gasteiger partial charge in [-0.25, -0.2) is 4.98 Å². The predicted molar refractivity (Wildman–Crippen MR) is 157 cm³/mol. The smallest absolute Gasteiger partial charge is 0.303 e. The molecular formula is C29H51NO2S2. The van der Waals surface area contributed by atoms with Crippen molar-refractivity contribution >= 4 is 35.1 Å². The fourth-order valence-corrected chi connectivity index (χ4v) is 4.92. The van der Waals surface area contributed by atoms with Gasteiger partial charge in [0.25, 0.3) is 0 Å². The number of thioether (sulfide) groups is 1. The molecule has 5 heteroatoms. The summed E-state index contributed by atoms with van der Waals surface area (Å²) >= 11 is 3.80. The molecule has 2 unspecified atom stereocenters. The summed E-state index contributed by atoms with van der Waals surface area (Å²) in [6.07, 6.45) is 15.4. The van der Waals surface area contributed by atoms with Gasteiger partial charge in [0, 0.05) is 17.1 Å². The third-order valence-electron chi connectivity index (χ3n) is 4.48. The van der Waals surface area contributed by atoms with Gasteiger partial charge >= 0.3 is 5.97 Å². The summed E-state index contributed by atoms with van der Waals surface area (Å²) in [5, 5.41) is 12.5. The third kappa shape index (κ3) is 23.8. The van der Waals surface area contributed by atoms with Crippen LogP contribution in [0.3, 0.4) is 0 Å². The number of nitrogens with zero attached hydrogens (tertiary/aromatic N) is 1. The molecular weight excluding hydrogens is 458 g/mol. The first-order valence-electron chi connectivity index (χ1n) is 12.7. The lowest BCUT2D eigenvalue weighted by atomic mass is 10.0. The van der Waals surface area contributed by atoms with Gasteiger partial charge in [-0.15, -0.1) is 11.3 Å². The highest BCUT2D eigenvalue weighted by atomic mass is 32.2. The van der Waals surface area contributed by atoms with Crippen LogP contribution < -0.4 is 0 Å². The number of carbonyl (C=O) groups is 1. The van der Waals surface area contributed by atoms with Crippen molar-refractivity contribution < 1.29 is 9.90 Å². The van der Waals surface area contributed by atoms with Crippen molar-refractivity contribution in [3.63, 3.8) is 0 Å². The molecule has 0 fully saturated rings. The number of carboxylic acids is 1. The van der Waals surface area contributed by atoms with Gasteiger partial charge in [-0.2, -0.15) is 11.8 Å². The summed E-state index contributed by atoms with van der Waals surface area (Å²) in [5.41, 5.74) is 3.97. The molecule has 1 heterocycles. The summed E-state index contributed by atoms with van der Waals surface area (Å²) in [7, 11) is 0. The van der Waals surface area contributed by atoms with Gasteiger partial charge in [0.15, 0.2) is 0 Å². The Morgan fingerprint density at radius 3 is 2.21 bits per heavy atom. The van der Waals surface area contributed by atoms with Crippen LogP contribution in [0, 0.1) is 12.8 Å². The number of thiazole rings is 1. The molecule has 34 heavy (non-hydrogen) atoms. The quantitative estimate of drug-likeness (QED) is 0.285. The van der Waals surface area contributed by atoms with Gasteiger partial charge < -0.3 is 5.11 Å². The Kier molecular flexibility index (Phi) is 22.7. The Morgan fingerprint density at radius 2 is 1.74 bits per heavy atom. The van der Waals surface area contributed by atoms with Crippen LogP contribution in [0.5, 0.6) is 0 Å². The second kappa shape index (κ2) is 22.2. The molecule has 0 spiro atoms. The molecule has 0 amide bonds. The molecule has 3 nitrogen and oxygen atoms in total. The SMILES string of the molecule is C/C(=C/CC/C(C)=C/c1csc(C)n1)C/C=C\C(C)CC(C)SC(C)C.CCC.CCC(=O)O. The zero-order valence-electron chi connectivity index (χ0n) is 23.5. The molecule has 1 N–H and O–H groups in total. The minimum absolute atomic E-state index is 0.222. The molecule has 1 aromatic rings. The third-order valence-corrected chi connectivity index (χ3v) is 6.47. The van der Waals surface area contributed by atoms with Crippen LogP contribution >= 0.6 is 23.1 Å². The topological polar surface area (TPSA) is 50.2 Å². The first-order chi connectivity index (χ1) is 15.9. The number of aliphatic carboxylic acids is 1. The van der Waals surface area contributed by atoms with E-state index in [1.165, 1.54) is 24.0 Å². The van der Waals surface area contributed by atoms with Crippen molar-refractivity contribution in [2.45, 2.75) is 118 Å². The fourth-order valence-electron chi connectivity index (χ4n) is 3.01. The second-order valence-electron chi connectivity index (χ2n) is 9.17. The van der Waals surface area contributed by atoms with Gasteiger partial charge in [-0.05, 0) is 63.7 Å². The lowest BCUT2D eigenvalue weighted by molar-refractivity contribution is -0.136. The minimum atomic E-state index is -0.745. The average Bonchev–Trinajstić information content (AvgIpc) is 3.12. The average molecular weight is 510 g/mol. The van der Waals surface area contributed by atoms with Crippen LogP contribution in [0.15, 0.2) is 34.8 Å². The van der Waals surface area contributed by atoms with E-state index in [9.17, 15) is 4.79 Å². The van der Waals surface area contributed by atoms with E-state index in [4.69, 9.17) is 5.11 Å². The summed E-state index contributed by atoms with van der Waals surface area (Å²) in [6.45, 7) is 21.6. The van der Waals surface area contributed by atoms with E-state index in [0.29, 0.717) is 5.92 Å². The van der Waals surface area contributed by atoms with E-state index < -0.39 is 5.97 Å². The molecule has 0 aliphatic carbocycles. The molecule has 0 saturated heterocycles. The molecule has 196 valence electrons. The van der Waals surface area contributed by atoms with Gasteiger partial charge in [-0.3, -0.25) is 4.79 Å². The van der Waals surface area contributed by atoms with Crippen LogP contribution in [0.4, 0.5) is 0 Å². The maximum Gasteiger partial charge on any atom is 0.303 e. The fraction of sp³-hybridized carbons (Fsp3) is 0.655. The Labute approximate surface area is 219 Å². The minimum Gasteiger partial charge on any atom is -0.481 e. The number of rotatable bonds is 12. The van der Waals surface area contributed by atoms with Gasteiger partial charge in [0.2, 0.25) is 0 Å². The van der Waals surface area contributed by atoms with Gasteiger partial charge in [0.05, 0.1) is 10.7 Å². The second-order valence-corrected chi connectivity index (χ2v) is 12.2. The van der Waals surface area contributed by atoms with E-state index in [1.807, 2.05) is 0 Å². The lowest BCUT2D eigenvalue weighted by Gasteiger charge is -2.16. The number of allylic oxidation sites excluding steroid dienone is 5. The molecule has 1 rings (SSSR count). The van der Waals surface area contributed by atoms with E-state index in [1.54, 1.807) is 18.3 Å². The largest absolute Gasteiger partial charge is 0.481 e. The van der Waals surface area contributed by atoms with Crippen molar-refractivity contribution in [3.05, 3.63) is 45.5 Å². The summed E-state index contributed by atoms with van der Waals surface area (Å²) in [5.74, 6) is -0.0826. The maximum atomic E-state index is 9.37. The van der Waals surface area contributed by atoms with E-state index in [0.717, 1.165) is 40.5 Å². The number of hydrogen-bond donors (Lipinski definition) is 1. The molecule has 0 bridgehead atoms. The van der Waals surface area contributed by atoms with Crippen LogP contribution in [-0.2, 0) is 4.79 Å². The van der Waals surface area contributed by atoms with Crippen LogP contribution in [-0.4, -0.2) is 26.6 Å². The van der Waals surface area contributed by atoms with Crippen molar-refractivity contribution in [1.82, 2.24) is 4.98 Å². The Bertz CT molecular complexity index is 732. The van der Waals surface area contributed by atoms with Crippen molar-refractivity contribution in [1.29, 1.82) is 0 Å². The van der Waals surface area contributed by atoms with Gasteiger partial charge in [-0.1, -0.05) is 84.3 Å². The predicted octanol–water partition coefficient (Wildman–Crippen LogP) is 9.98. The molecule has 0 saturated carbocycles. The standard InChI is InChI=1S/C23H37NS2.C3H6O2.C3H8/c1-17(2)26-21(6)14-19(4)12-8-10-18(3)11-9-13-20(5)15-23-16-25-22(7)24-23;1-2-3(4)5;1-3-2/h8,11-12,15-17,19,21H,9-10,13-14H2,1-7H3;2H2,1H3,(H,4,5);3H2,1-2H3/b12-8-,18-11-,20-15+;;. The van der Waals surface area contributed by atoms with Gasteiger partial charge in [0.1, 0.15) is 0 Å². The Hall–Kier alpha value is -1.33. The lowest BCUT2D eigenvalue weighted by Crippen LogP contribution is -2.06. The van der Waals surface area contributed by atoms with Crippen LogP contribution in [0.1, 0.15) is 112 Å². The van der Waals surface area contributed by atoms with Crippen molar-refractivity contribution in [2.24, 2.45) is 5.92 Å². The molecule has 1 aromatic heterocycles. The Balaban J connectivity index is 0. The summed E-state index contributed by atoms with van der Waals surface area (Å²) < 4.78 is 0. The van der Waals surface area contributed by atoms with Crippen molar-refractivity contribution in [2.75, 3.05) is 0 Å². The number of aryl methyl sites for hydroxylation is 1. The zero-order valence-corrected chi connectivity index (χ0v) is 25.1. The van der Waals surface area contributed by atoms with E-state index in [-0.39, 0.29) is 6.42 Å². The molecule has 0 aliphatic heterocycles. The van der Waals surface area contributed by atoms with E-state index in [2.05, 4.69) is 109 Å². The number of aromatic nitrogens is 1. The summed E-state index contributed by atoms with van der Waals surface area (Å²) in [4.78, 5) is 13.9. The van der Waals surface area contributed by atoms with E-state index >= 15 is 0 Å². The number of carboxylic acid groups (broad SMARTS) is 1. The highest BCUT2D eigenvalue weighted by molar-refractivity contribution is 8.00. The van der Waals surface area contributed by atoms with Crippen molar-refractivity contribution in [3.8, 4) is 0 Å². The highest BCUT2D eigenvalue weighted by Gasteiger charge is 2.08. The Morgan fingerprint density at radius 1 is 1.15 bits per heavy atom. The first kappa shape index (κ1) is 34.8. The molecule has 0 aliphatic rings. The highest BCUT2D eigenvalue weighted by Crippen LogP contribution is 2.23. The number of hydrogen-bond acceptors (Lipinski definition) is 4. The maximum absolute atomic E-state index is 9.37. The normalized spacial score (nSPS) is 13.7. The first-order valence-corrected chi connectivity index (χ1v) is 14.6. The summed E-state index contributed by atoms with van der Waals surface area (Å²) in [6, 6.07) is 0. The zero-order chi connectivity index (χ0) is 26.5. The van der Waals surface area contributed by atoms with Crippen LogP contribution in [0.2, 0.25) is 0 Å². The molecule has 0 radical (unpaired) electrons. The molecule has 2 atom stereocenters. The monoisotopic (exact) mass is 509 g/mol.